The van der Waals surface area contributed by atoms with Gasteiger partial charge in [0.15, 0.2) is 0 Å². The summed E-state index contributed by atoms with van der Waals surface area (Å²) in [6.07, 6.45) is 9.67. The zero-order valence-corrected chi connectivity index (χ0v) is 5.17. The molecule has 1 nitrogen and oxygen atoms in total. The molecular formula is C8H9N. The van der Waals surface area contributed by atoms with Crippen LogP contribution in [-0.4, -0.2) is 6.04 Å². The number of fused-ring (bicyclic) bond motifs is 1. The van der Waals surface area contributed by atoms with Crippen molar-refractivity contribution in [3.63, 3.8) is 0 Å². The van der Waals surface area contributed by atoms with Gasteiger partial charge in [-0.25, -0.2) is 0 Å². The van der Waals surface area contributed by atoms with Crippen molar-refractivity contribution in [2.24, 2.45) is 5.92 Å². The summed E-state index contributed by atoms with van der Waals surface area (Å²) in [5.41, 5.74) is 0. The van der Waals surface area contributed by atoms with E-state index in [9.17, 15) is 0 Å². The lowest BCUT2D eigenvalue weighted by Crippen LogP contribution is -2.22. The second-order valence-corrected chi connectivity index (χ2v) is 2.48. The maximum Gasteiger partial charge on any atom is 0.0598 e. The first-order valence-electron chi connectivity index (χ1n) is 3.30. The Morgan fingerprint density at radius 1 is 1.33 bits per heavy atom. The Morgan fingerprint density at radius 2 is 2.22 bits per heavy atom. The van der Waals surface area contributed by atoms with Crippen molar-refractivity contribution < 1.29 is 0 Å². The zero-order chi connectivity index (χ0) is 6.10. The van der Waals surface area contributed by atoms with Crippen LogP contribution in [0.25, 0.3) is 0 Å². The van der Waals surface area contributed by atoms with E-state index < -0.39 is 0 Å². The van der Waals surface area contributed by atoms with Gasteiger partial charge in [-0.05, 0) is 12.3 Å². The summed E-state index contributed by atoms with van der Waals surface area (Å²) in [7, 11) is 0. The van der Waals surface area contributed by atoms with Crippen LogP contribution in [0.4, 0.5) is 0 Å². The molecule has 0 aromatic carbocycles. The van der Waals surface area contributed by atoms with E-state index >= 15 is 0 Å². The van der Waals surface area contributed by atoms with E-state index in [0.29, 0.717) is 12.0 Å². The molecule has 2 atom stereocenters. The van der Waals surface area contributed by atoms with E-state index in [1.54, 1.807) is 0 Å². The number of hydrogen-bond donors (Lipinski definition) is 1. The molecule has 0 aromatic heterocycles. The van der Waals surface area contributed by atoms with Crippen LogP contribution in [-0.2, 0) is 0 Å². The minimum atomic E-state index is 0.537. The molecule has 1 fully saturated rings. The molecule has 0 spiro atoms. The van der Waals surface area contributed by atoms with Crippen molar-refractivity contribution in [1.82, 2.24) is 5.32 Å². The molecule has 46 valence electrons. The van der Waals surface area contributed by atoms with Crippen molar-refractivity contribution in [2.75, 3.05) is 0 Å². The maximum atomic E-state index is 3.17. The molecule has 0 aromatic rings. The Labute approximate surface area is 55.5 Å². The van der Waals surface area contributed by atoms with Crippen LogP contribution >= 0.6 is 0 Å². The van der Waals surface area contributed by atoms with Gasteiger partial charge in [0, 0.05) is 6.04 Å². The molecule has 1 aliphatic heterocycles. The molecule has 0 saturated carbocycles. The van der Waals surface area contributed by atoms with Gasteiger partial charge < -0.3 is 5.32 Å². The molecule has 1 N–H and O–H groups in total. The molecular weight excluding hydrogens is 110 g/mol. The lowest BCUT2D eigenvalue weighted by molar-refractivity contribution is 0.613. The monoisotopic (exact) mass is 119 g/mol. The predicted octanol–water partition coefficient (Wildman–Crippen LogP) is 1.13. The molecule has 2 aliphatic rings. The smallest absolute Gasteiger partial charge is 0.0598 e. The highest BCUT2D eigenvalue weighted by atomic mass is 14.9. The van der Waals surface area contributed by atoms with Gasteiger partial charge in [-0.1, -0.05) is 24.3 Å². The van der Waals surface area contributed by atoms with Crippen molar-refractivity contribution in [2.45, 2.75) is 12.5 Å². The molecule has 2 rings (SSSR count). The summed E-state index contributed by atoms with van der Waals surface area (Å²) in [5.74, 6) is 0.676. The van der Waals surface area contributed by atoms with Crippen molar-refractivity contribution in [1.29, 1.82) is 0 Å². The Bertz CT molecular complexity index is 140. The number of hydrogen-bond acceptors (Lipinski definition) is 1. The summed E-state index contributed by atoms with van der Waals surface area (Å²) >= 11 is 0. The van der Waals surface area contributed by atoms with E-state index in [2.05, 4.69) is 36.2 Å². The van der Waals surface area contributed by atoms with Crippen molar-refractivity contribution in [3.8, 4) is 0 Å². The average molecular weight is 119 g/mol. The topological polar surface area (TPSA) is 12.0 Å². The fourth-order valence-electron chi connectivity index (χ4n) is 1.30. The molecule has 1 heterocycles. The molecule has 9 heavy (non-hydrogen) atoms. The minimum absolute atomic E-state index is 0.537. The average Bonchev–Trinajstić information content (AvgIpc) is 2.33. The zero-order valence-electron chi connectivity index (χ0n) is 5.17. The summed E-state index contributed by atoms with van der Waals surface area (Å²) < 4.78 is 0. The third-order valence-corrected chi connectivity index (χ3v) is 1.86. The quantitative estimate of drug-likeness (QED) is 0.504. The van der Waals surface area contributed by atoms with Gasteiger partial charge in [-0.3, -0.25) is 0 Å². The van der Waals surface area contributed by atoms with E-state index in [0.717, 1.165) is 6.42 Å². The Kier molecular flexibility index (Phi) is 1.16. The van der Waals surface area contributed by atoms with Crippen LogP contribution in [0.3, 0.4) is 0 Å². The van der Waals surface area contributed by atoms with E-state index in [-0.39, 0.29) is 0 Å². The molecule has 2 radical (unpaired) electrons. The molecule has 1 aliphatic carbocycles. The van der Waals surface area contributed by atoms with E-state index in [4.69, 9.17) is 0 Å². The van der Waals surface area contributed by atoms with Gasteiger partial charge in [-0.15, -0.1) is 0 Å². The van der Waals surface area contributed by atoms with Gasteiger partial charge in [0.1, 0.15) is 0 Å². The Hall–Kier alpha value is -0.560. The highest BCUT2D eigenvalue weighted by molar-refractivity contribution is 5.20. The fraction of sp³-hybridized carbons (Fsp3) is 0.375. The standard InChI is InChI=1S/C8H9N/c1-2-4-8-7(3-1)5-6-9-8/h1-4,7-9H,5H2. The first kappa shape index (κ1) is 5.24. The minimum Gasteiger partial charge on any atom is -0.301 e. The highest BCUT2D eigenvalue weighted by Crippen LogP contribution is 2.22. The first-order valence-corrected chi connectivity index (χ1v) is 3.30. The van der Waals surface area contributed by atoms with Crippen LogP contribution < -0.4 is 5.32 Å². The lowest BCUT2D eigenvalue weighted by atomic mass is 9.97. The van der Waals surface area contributed by atoms with E-state index in [1.165, 1.54) is 0 Å². The Balaban J connectivity index is 2.18. The summed E-state index contributed by atoms with van der Waals surface area (Å²) in [6, 6.07) is 0.537. The molecule has 2 unspecified atom stereocenters. The summed E-state index contributed by atoms with van der Waals surface area (Å²) in [6.45, 7) is 3.11. The van der Waals surface area contributed by atoms with Gasteiger partial charge in [0.05, 0.1) is 6.54 Å². The summed E-state index contributed by atoms with van der Waals surface area (Å²) in [4.78, 5) is 0. The molecule has 1 saturated heterocycles. The maximum absolute atomic E-state index is 3.17. The molecule has 0 bridgehead atoms. The molecule has 0 amide bonds. The lowest BCUT2D eigenvalue weighted by Gasteiger charge is -2.13. The second-order valence-electron chi connectivity index (χ2n) is 2.48. The molecule has 1 heteroatoms. The van der Waals surface area contributed by atoms with Crippen LogP contribution in [0.5, 0.6) is 0 Å². The highest BCUT2D eigenvalue weighted by Gasteiger charge is 2.23. The Morgan fingerprint density at radius 3 is 3.11 bits per heavy atom. The fourth-order valence-corrected chi connectivity index (χ4v) is 1.30. The van der Waals surface area contributed by atoms with Gasteiger partial charge >= 0.3 is 0 Å². The van der Waals surface area contributed by atoms with Crippen LogP contribution in [0.2, 0.25) is 0 Å². The third-order valence-electron chi connectivity index (χ3n) is 1.86. The normalized spacial score (nSPS) is 39.1. The predicted molar refractivity (Wildman–Crippen MR) is 36.6 cm³/mol. The number of nitrogens with one attached hydrogen (secondary N) is 1. The van der Waals surface area contributed by atoms with Gasteiger partial charge in [-0.2, -0.15) is 0 Å². The second kappa shape index (κ2) is 1.99. The summed E-state index contributed by atoms with van der Waals surface area (Å²) in [5, 5.41) is 3.17. The van der Waals surface area contributed by atoms with Gasteiger partial charge in [0.2, 0.25) is 0 Å². The number of rotatable bonds is 0. The third kappa shape index (κ3) is 0.815. The van der Waals surface area contributed by atoms with Crippen molar-refractivity contribution >= 4 is 0 Å². The van der Waals surface area contributed by atoms with Gasteiger partial charge in [0.25, 0.3) is 0 Å². The van der Waals surface area contributed by atoms with Crippen molar-refractivity contribution in [3.05, 3.63) is 30.8 Å². The van der Waals surface area contributed by atoms with Crippen LogP contribution in [0.1, 0.15) is 6.42 Å². The van der Waals surface area contributed by atoms with Crippen LogP contribution in [0, 0.1) is 12.5 Å². The first-order chi connectivity index (χ1) is 4.47. The van der Waals surface area contributed by atoms with Crippen LogP contribution in [0.15, 0.2) is 24.3 Å². The largest absolute Gasteiger partial charge is 0.301 e. The van der Waals surface area contributed by atoms with E-state index in [1.807, 2.05) is 0 Å². The number of allylic oxidation sites excluding steroid dienone is 2. The SMILES string of the molecule is [C]1CC2C=CC=CC2N1.